The highest BCUT2D eigenvalue weighted by Crippen LogP contribution is 2.36. The largest absolute Gasteiger partial charge is 0.368 e. The minimum atomic E-state index is -0.124. The molecule has 3 aromatic heterocycles. The van der Waals surface area contributed by atoms with Gasteiger partial charge in [-0.1, -0.05) is 30.0 Å². The number of aromatic nitrogens is 7. The summed E-state index contributed by atoms with van der Waals surface area (Å²) in [7, 11) is 3.73. The highest BCUT2D eigenvalue weighted by molar-refractivity contribution is 7.99. The molecule has 0 saturated heterocycles. The van der Waals surface area contributed by atoms with Crippen molar-refractivity contribution in [2.24, 2.45) is 0 Å². The van der Waals surface area contributed by atoms with Crippen LogP contribution in [0.2, 0.25) is 0 Å². The summed E-state index contributed by atoms with van der Waals surface area (Å²) in [6, 6.07) is 12.0. The molecule has 0 aliphatic rings. The topological polar surface area (TPSA) is 112 Å². The molecule has 0 unspecified atom stereocenters. The van der Waals surface area contributed by atoms with Gasteiger partial charge in [-0.25, -0.2) is 0 Å². The van der Waals surface area contributed by atoms with Crippen LogP contribution in [0, 0.1) is 6.92 Å². The number of aryl methyl sites for hydroxylation is 1. The molecule has 0 fully saturated rings. The van der Waals surface area contributed by atoms with Crippen molar-refractivity contribution in [2.45, 2.75) is 24.3 Å². The predicted molar refractivity (Wildman–Crippen MR) is 122 cm³/mol. The highest BCUT2D eigenvalue weighted by atomic mass is 32.2. The Bertz CT molecular complexity index is 1190. The molecule has 31 heavy (non-hydrogen) atoms. The maximum Gasteiger partial charge on any atom is 0.229 e. The molecule has 3 heterocycles. The molecule has 0 saturated carbocycles. The van der Waals surface area contributed by atoms with Crippen molar-refractivity contribution in [1.82, 2.24) is 34.7 Å². The maximum atomic E-state index is 5.91. The third-order valence-electron chi connectivity index (χ3n) is 4.63. The lowest BCUT2D eigenvalue weighted by atomic mass is 10.2. The Hall–Kier alpha value is -3.53. The van der Waals surface area contributed by atoms with Gasteiger partial charge in [-0.3, -0.25) is 9.55 Å². The Kier molecular flexibility index (Phi) is 5.81. The Balaban J connectivity index is 1.77. The van der Waals surface area contributed by atoms with Crippen molar-refractivity contribution in [1.29, 1.82) is 0 Å². The standard InChI is InChI=1S/C21H23N9S/c1-13-7-5-6-8-16(13)30-18(15-9-11-23-12-10-15)27-28-21(30)31-14(2)17-24-19(22)26-20(25-17)29(3)4/h5-12,14H,1-4H3,(H2,22,24,25,26)/t14-/m0/s1. The van der Waals surface area contributed by atoms with Gasteiger partial charge in [-0.2, -0.15) is 15.0 Å². The Labute approximate surface area is 184 Å². The second kappa shape index (κ2) is 8.68. The first-order chi connectivity index (χ1) is 14.9. The normalized spacial score (nSPS) is 12.0. The molecule has 10 heteroatoms. The zero-order valence-corrected chi connectivity index (χ0v) is 18.6. The van der Waals surface area contributed by atoms with Gasteiger partial charge in [0.05, 0.1) is 10.9 Å². The van der Waals surface area contributed by atoms with E-state index in [0.29, 0.717) is 11.8 Å². The number of thioether (sulfide) groups is 1. The Morgan fingerprint density at radius 2 is 1.74 bits per heavy atom. The molecule has 0 aliphatic heterocycles. The molecule has 0 radical (unpaired) electrons. The molecule has 4 aromatic rings. The fraction of sp³-hybridized carbons (Fsp3) is 0.238. The minimum Gasteiger partial charge on any atom is -0.368 e. The second-order valence-corrected chi connectivity index (χ2v) is 8.48. The van der Waals surface area contributed by atoms with E-state index in [1.165, 1.54) is 11.8 Å². The number of nitrogens with two attached hydrogens (primary N) is 1. The molecule has 0 aliphatic carbocycles. The van der Waals surface area contributed by atoms with E-state index in [9.17, 15) is 0 Å². The van der Waals surface area contributed by atoms with E-state index in [4.69, 9.17) is 5.73 Å². The number of hydrogen-bond donors (Lipinski definition) is 1. The van der Waals surface area contributed by atoms with E-state index < -0.39 is 0 Å². The van der Waals surface area contributed by atoms with Gasteiger partial charge in [0.25, 0.3) is 0 Å². The molecule has 0 bridgehead atoms. The predicted octanol–water partition coefficient (Wildman–Crippen LogP) is 3.32. The van der Waals surface area contributed by atoms with Crippen LogP contribution in [0.15, 0.2) is 53.9 Å². The quantitative estimate of drug-likeness (QED) is 0.458. The highest BCUT2D eigenvalue weighted by Gasteiger charge is 2.22. The molecule has 4 rings (SSSR count). The van der Waals surface area contributed by atoms with Crippen molar-refractivity contribution < 1.29 is 0 Å². The fourth-order valence-corrected chi connectivity index (χ4v) is 3.96. The summed E-state index contributed by atoms with van der Waals surface area (Å²) in [5.41, 5.74) is 8.98. The molecule has 0 spiro atoms. The van der Waals surface area contributed by atoms with E-state index >= 15 is 0 Å². The summed E-state index contributed by atoms with van der Waals surface area (Å²) in [6.07, 6.45) is 3.50. The summed E-state index contributed by atoms with van der Waals surface area (Å²) in [6.45, 7) is 4.08. The van der Waals surface area contributed by atoms with Crippen LogP contribution in [0.5, 0.6) is 0 Å². The summed E-state index contributed by atoms with van der Waals surface area (Å²) < 4.78 is 2.06. The molecule has 1 aromatic carbocycles. The number of nitrogens with zero attached hydrogens (tertiary/aromatic N) is 8. The summed E-state index contributed by atoms with van der Waals surface area (Å²) in [5.74, 6) is 2.05. The monoisotopic (exact) mass is 433 g/mol. The Morgan fingerprint density at radius 3 is 2.45 bits per heavy atom. The number of benzene rings is 1. The molecule has 0 amide bonds. The van der Waals surface area contributed by atoms with Crippen LogP contribution in [0.1, 0.15) is 23.6 Å². The van der Waals surface area contributed by atoms with E-state index in [-0.39, 0.29) is 11.2 Å². The van der Waals surface area contributed by atoms with Crippen molar-refractivity contribution in [2.75, 3.05) is 24.7 Å². The molecular weight excluding hydrogens is 410 g/mol. The van der Waals surface area contributed by atoms with Gasteiger partial charge in [-0.15, -0.1) is 10.2 Å². The average molecular weight is 434 g/mol. The minimum absolute atomic E-state index is 0.124. The summed E-state index contributed by atoms with van der Waals surface area (Å²) in [4.78, 5) is 19.0. The van der Waals surface area contributed by atoms with Gasteiger partial charge in [0, 0.05) is 32.1 Å². The number of para-hydroxylation sites is 1. The van der Waals surface area contributed by atoms with E-state index in [2.05, 4.69) is 53.8 Å². The number of anilines is 2. The van der Waals surface area contributed by atoms with Crippen LogP contribution >= 0.6 is 11.8 Å². The van der Waals surface area contributed by atoms with E-state index in [0.717, 1.165) is 27.8 Å². The maximum absolute atomic E-state index is 5.91. The second-order valence-electron chi connectivity index (χ2n) is 7.17. The SMILES string of the molecule is Cc1ccccc1-n1c(S[C@@H](C)c2nc(N)nc(N(C)C)n2)nnc1-c1ccncc1. The van der Waals surface area contributed by atoms with Gasteiger partial charge in [-0.05, 0) is 37.6 Å². The number of rotatable bonds is 6. The number of nitrogen functional groups attached to an aromatic ring is 1. The molecule has 9 nitrogen and oxygen atoms in total. The third-order valence-corrected chi connectivity index (χ3v) is 5.67. The lowest BCUT2D eigenvalue weighted by Gasteiger charge is -2.16. The zero-order chi connectivity index (χ0) is 22.0. The van der Waals surface area contributed by atoms with Gasteiger partial charge in [0.2, 0.25) is 11.9 Å². The number of pyridine rings is 1. The van der Waals surface area contributed by atoms with Crippen LogP contribution in [0.4, 0.5) is 11.9 Å². The summed E-state index contributed by atoms with van der Waals surface area (Å²) in [5, 5.41) is 9.60. The first kappa shape index (κ1) is 20.7. The van der Waals surface area contributed by atoms with Gasteiger partial charge in [0.15, 0.2) is 11.0 Å². The van der Waals surface area contributed by atoms with Gasteiger partial charge >= 0.3 is 0 Å². The van der Waals surface area contributed by atoms with Crippen molar-refractivity contribution in [3.63, 3.8) is 0 Å². The van der Waals surface area contributed by atoms with E-state index in [1.807, 2.05) is 45.3 Å². The third kappa shape index (κ3) is 4.33. The van der Waals surface area contributed by atoms with Crippen LogP contribution in [-0.2, 0) is 0 Å². The van der Waals surface area contributed by atoms with Crippen molar-refractivity contribution in [3.8, 4) is 17.1 Å². The first-order valence-corrected chi connectivity index (χ1v) is 10.6. The van der Waals surface area contributed by atoms with Crippen molar-refractivity contribution in [3.05, 3.63) is 60.2 Å². The Morgan fingerprint density at radius 1 is 1.00 bits per heavy atom. The zero-order valence-electron chi connectivity index (χ0n) is 17.8. The molecule has 2 N–H and O–H groups in total. The van der Waals surface area contributed by atoms with Crippen molar-refractivity contribution >= 4 is 23.7 Å². The lowest BCUT2D eigenvalue weighted by molar-refractivity contribution is 0.841. The van der Waals surface area contributed by atoms with Crippen LogP contribution in [0.25, 0.3) is 17.1 Å². The summed E-state index contributed by atoms with van der Waals surface area (Å²) >= 11 is 1.52. The van der Waals surface area contributed by atoms with Gasteiger partial charge in [0.1, 0.15) is 5.82 Å². The molecule has 158 valence electrons. The van der Waals surface area contributed by atoms with Crippen LogP contribution in [-0.4, -0.2) is 48.8 Å². The molecule has 1 atom stereocenters. The fourth-order valence-electron chi connectivity index (χ4n) is 3.06. The van der Waals surface area contributed by atoms with Gasteiger partial charge < -0.3 is 10.6 Å². The number of hydrogen-bond acceptors (Lipinski definition) is 9. The van der Waals surface area contributed by atoms with Crippen LogP contribution in [0.3, 0.4) is 0 Å². The first-order valence-electron chi connectivity index (χ1n) is 9.71. The van der Waals surface area contributed by atoms with E-state index in [1.54, 1.807) is 17.3 Å². The lowest BCUT2D eigenvalue weighted by Crippen LogP contribution is -2.16. The smallest absolute Gasteiger partial charge is 0.229 e. The molecular formula is C21H23N9S. The average Bonchev–Trinajstić information content (AvgIpc) is 3.17. The van der Waals surface area contributed by atoms with Crippen LogP contribution < -0.4 is 10.6 Å².